The van der Waals surface area contributed by atoms with Gasteiger partial charge >= 0.3 is 0 Å². The second-order valence-corrected chi connectivity index (χ2v) is 9.94. The van der Waals surface area contributed by atoms with Crippen molar-refractivity contribution in [2.75, 3.05) is 0 Å². The standard InChI is InChI=1S/C29H27BrN4O/c1-4-20(3)28-32-26-13-12-23(30)15-25(26)29(35)34(28)31-16-22-18-33(27-11-6-5-10-24(22)27)17-21-9-7-8-19(2)14-21/h5-16,18,20H,4,17H2,1-3H3/t20-/m1/s1. The zero-order chi connectivity index (χ0) is 24.5. The largest absolute Gasteiger partial charge is 0.342 e. The molecule has 0 fully saturated rings. The molecule has 2 heterocycles. The average Bonchev–Trinajstić information content (AvgIpc) is 3.20. The summed E-state index contributed by atoms with van der Waals surface area (Å²) in [6.45, 7) is 7.04. The van der Waals surface area contributed by atoms with Gasteiger partial charge in [0.2, 0.25) is 0 Å². The predicted molar refractivity (Wildman–Crippen MR) is 148 cm³/mol. The molecule has 0 amide bonds. The molecular weight excluding hydrogens is 500 g/mol. The average molecular weight is 527 g/mol. The molecule has 5 rings (SSSR count). The summed E-state index contributed by atoms with van der Waals surface area (Å²) in [6.07, 6.45) is 4.75. The van der Waals surface area contributed by atoms with Gasteiger partial charge in [0.15, 0.2) is 0 Å². The van der Waals surface area contributed by atoms with Crippen LogP contribution in [0.15, 0.2) is 87.3 Å². The minimum atomic E-state index is -0.161. The van der Waals surface area contributed by atoms with E-state index in [0.29, 0.717) is 16.7 Å². The Hall–Kier alpha value is -3.51. The van der Waals surface area contributed by atoms with E-state index in [-0.39, 0.29) is 11.5 Å². The lowest BCUT2D eigenvalue weighted by Crippen LogP contribution is -2.23. The van der Waals surface area contributed by atoms with Crippen molar-refractivity contribution in [3.05, 3.63) is 110 Å². The molecule has 0 spiro atoms. The van der Waals surface area contributed by atoms with E-state index in [4.69, 9.17) is 10.1 Å². The van der Waals surface area contributed by atoms with E-state index in [2.05, 4.69) is 83.9 Å². The molecule has 6 heteroatoms. The number of para-hydroxylation sites is 1. The highest BCUT2D eigenvalue weighted by atomic mass is 79.9. The van der Waals surface area contributed by atoms with Crippen LogP contribution in [-0.4, -0.2) is 20.4 Å². The van der Waals surface area contributed by atoms with Crippen LogP contribution >= 0.6 is 15.9 Å². The zero-order valence-electron chi connectivity index (χ0n) is 20.1. The first kappa shape index (κ1) is 23.2. The number of fused-ring (bicyclic) bond motifs is 2. The minimum absolute atomic E-state index is 0.0931. The molecule has 0 N–H and O–H groups in total. The van der Waals surface area contributed by atoms with Gasteiger partial charge in [0.1, 0.15) is 5.82 Å². The third kappa shape index (κ3) is 4.58. The highest BCUT2D eigenvalue weighted by Gasteiger charge is 2.16. The van der Waals surface area contributed by atoms with Crippen molar-refractivity contribution >= 4 is 44.0 Å². The number of benzene rings is 3. The second-order valence-electron chi connectivity index (χ2n) is 9.02. The number of halogens is 1. The summed E-state index contributed by atoms with van der Waals surface area (Å²) in [7, 11) is 0. The molecule has 176 valence electrons. The van der Waals surface area contributed by atoms with Gasteiger partial charge in [-0.15, -0.1) is 0 Å². The SMILES string of the molecule is CC[C@@H](C)c1nc2ccc(Br)cc2c(=O)n1N=Cc1cn(Cc2cccc(C)c2)c2ccccc12. The Kier molecular flexibility index (Phi) is 6.39. The van der Waals surface area contributed by atoms with Crippen LogP contribution in [0.1, 0.15) is 48.7 Å². The monoisotopic (exact) mass is 526 g/mol. The van der Waals surface area contributed by atoms with Gasteiger partial charge in [-0.05, 0) is 43.2 Å². The van der Waals surface area contributed by atoms with Crippen LogP contribution in [0.25, 0.3) is 21.8 Å². The Bertz CT molecular complexity index is 1630. The number of aromatic nitrogens is 3. The van der Waals surface area contributed by atoms with Gasteiger partial charge in [-0.2, -0.15) is 9.78 Å². The molecule has 0 saturated carbocycles. The predicted octanol–water partition coefficient (Wildman–Crippen LogP) is 6.87. The summed E-state index contributed by atoms with van der Waals surface area (Å²) in [6, 6.07) is 22.4. The van der Waals surface area contributed by atoms with Crippen LogP contribution in [0, 0.1) is 6.92 Å². The molecule has 0 aliphatic rings. The first-order valence-corrected chi connectivity index (χ1v) is 12.6. The van der Waals surface area contributed by atoms with Crippen molar-refractivity contribution in [1.82, 2.24) is 14.2 Å². The van der Waals surface area contributed by atoms with E-state index in [1.54, 1.807) is 6.21 Å². The summed E-state index contributed by atoms with van der Waals surface area (Å²) < 4.78 is 4.55. The van der Waals surface area contributed by atoms with Gasteiger partial charge in [-0.3, -0.25) is 4.79 Å². The second kappa shape index (κ2) is 9.62. The van der Waals surface area contributed by atoms with Gasteiger partial charge in [0.05, 0.1) is 17.1 Å². The molecule has 0 bridgehead atoms. The highest BCUT2D eigenvalue weighted by Crippen LogP contribution is 2.23. The fourth-order valence-corrected chi connectivity index (χ4v) is 4.78. The lowest BCUT2D eigenvalue weighted by atomic mass is 10.1. The van der Waals surface area contributed by atoms with E-state index in [1.807, 2.05) is 30.3 Å². The molecule has 2 aromatic heterocycles. The van der Waals surface area contributed by atoms with E-state index in [1.165, 1.54) is 15.8 Å². The fraction of sp³-hybridized carbons (Fsp3) is 0.207. The number of hydrogen-bond donors (Lipinski definition) is 0. The van der Waals surface area contributed by atoms with Crippen LogP contribution in [-0.2, 0) is 6.54 Å². The Morgan fingerprint density at radius 3 is 2.69 bits per heavy atom. The third-order valence-electron chi connectivity index (χ3n) is 6.45. The molecule has 3 aromatic carbocycles. The summed E-state index contributed by atoms with van der Waals surface area (Å²) in [5.74, 6) is 0.766. The van der Waals surface area contributed by atoms with E-state index < -0.39 is 0 Å². The number of rotatable bonds is 6. The molecule has 1 atom stereocenters. The maximum atomic E-state index is 13.5. The van der Waals surface area contributed by atoms with Gasteiger partial charge in [0, 0.05) is 39.6 Å². The molecule has 5 nitrogen and oxygen atoms in total. The molecule has 5 aromatic rings. The zero-order valence-corrected chi connectivity index (χ0v) is 21.7. The number of hydrogen-bond acceptors (Lipinski definition) is 3. The van der Waals surface area contributed by atoms with Crippen LogP contribution in [0.2, 0.25) is 0 Å². The van der Waals surface area contributed by atoms with Crippen molar-refractivity contribution in [3.8, 4) is 0 Å². The molecule has 0 aliphatic carbocycles. The summed E-state index contributed by atoms with van der Waals surface area (Å²) >= 11 is 3.47. The van der Waals surface area contributed by atoms with Crippen molar-refractivity contribution in [2.45, 2.75) is 39.7 Å². The van der Waals surface area contributed by atoms with Crippen molar-refractivity contribution in [2.24, 2.45) is 5.10 Å². The molecule has 0 unspecified atom stereocenters. The quantitative estimate of drug-likeness (QED) is 0.227. The molecule has 0 aliphatic heterocycles. The summed E-state index contributed by atoms with van der Waals surface area (Å²) in [5, 5.41) is 6.34. The number of aryl methyl sites for hydroxylation is 1. The lowest BCUT2D eigenvalue weighted by Gasteiger charge is -2.13. The smallest absolute Gasteiger partial charge is 0.282 e. The lowest BCUT2D eigenvalue weighted by molar-refractivity contribution is 0.613. The van der Waals surface area contributed by atoms with E-state index in [0.717, 1.165) is 33.9 Å². The molecule has 0 saturated heterocycles. The first-order valence-electron chi connectivity index (χ1n) is 11.8. The maximum absolute atomic E-state index is 13.5. The van der Waals surface area contributed by atoms with Crippen molar-refractivity contribution < 1.29 is 0 Å². The van der Waals surface area contributed by atoms with Crippen molar-refractivity contribution in [3.63, 3.8) is 0 Å². The van der Waals surface area contributed by atoms with Crippen LogP contribution < -0.4 is 5.56 Å². The van der Waals surface area contributed by atoms with Gasteiger partial charge < -0.3 is 4.57 Å². The van der Waals surface area contributed by atoms with E-state index in [9.17, 15) is 4.79 Å². The molecular formula is C29H27BrN4O. The first-order chi connectivity index (χ1) is 16.9. The molecule has 35 heavy (non-hydrogen) atoms. The summed E-state index contributed by atoms with van der Waals surface area (Å²) in [4.78, 5) is 18.3. The van der Waals surface area contributed by atoms with E-state index >= 15 is 0 Å². The maximum Gasteiger partial charge on any atom is 0.282 e. The third-order valence-corrected chi connectivity index (χ3v) is 6.95. The Morgan fingerprint density at radius 2 is 1.89 bits per heavy atom. The summed E-state index contributed by atoms with van der Waals surface area (Å²) in [5.41, 5.74) is 5.11. The molecule has 0 radical (unpaired) electrons. The van der Waals surface area contributed by atoms with Gasteiger partial charge in [-0.1, -0.05) is 77.8 Å². The topological polar surface area (TPSA) is 52.2 Å². The van der Waals surface area contributed by atoms with Crippen LogP contribution in [0.5, 0.6) is 0 Å². The Labute approximate surface area is 212 Å². The van der Waals surface area contributed by atoms with Crippen LogP contribution in [0.4, 0.5) is 0 Å². The Balaban J connectivity index is 1.62. The van der Waals surface area contributed by atoms with Gasteiger partial charge in [-0.25, -0.2) is 4.98 Å². The van der Waals surface area contributed by atoms with Crippen LogP contribution in [0.3, 0.4) is 0 Å². The van der Waals surface area contributed by atoms with Gasteiger partial charge in [0.25, 0.3) is 5.56 Å². The fourth-order valence-electron chi connectivity index (χ4n) is 4.42. The Morgan fingerprint density at radius 1 is 1.06 bits per heavy atom. The normalized spacial score (nSPS) is 12.7. The minimum Gasteiger partial charge on any atom is -0.342 e. The highest BCUT2D eigenvalue weighted by molar-refractivity contribution is 9.10. The van der Waals surface area contributed by atoms with Crippen molar-refractivity contribution in [1.29, 1.82) is 0 Å². The number of nitrogens with zero attached hydrogens (tertiary/aromatic N) is 4.